The van der Waals surface area contributed by atoms with Gasteiger partial charge in [0.25, 0.3) is 0 Å². The summed E-state index contributed by atoms with van der Waals surface area (Å²) in [5, 5.41) is 6.27. The summed E-state index contributed by atoms with van der Waals surface area (Å²) in [6, 6.07) is 15.9. The molecule has 0 spiro atoms. The molecular formula is C23H22Cl2N6. The van der Waals surface area contributed by atoms with E-state index in [1.165, 1.54) is 0 Å². The zero-order valence-corrected chi connectivity index (χ0v) is 18.8. The van der Waals surface area contributed by atoms with Crippen LogP contribution in [-0.2, 0) is 0 Å². The average Bonchev–Trinajstić information content (AvgIpc) is 3.40. The minimum absolute atomic E-state index is 0.492. The highest BCUT2D eigenvalue weighted by atomic mass is 35.5. The summed E-state index contributed by atoms with van der Waals surface area (Å²) in [6.07, 6.45) is 2.71. The minimum atomic E-state index is 0.492. The van der Waals surface area contributed by atoms with Gasteiger partial charge in [-0.15, -0.1) is 0 Å². The molecule has 5 rings (SSSR count). The summed E-state index contributed by atoms with van der Waals surface area (Å²) in [5.41, 5.74) is 4.19. The molecule has 0 radical (unpaired) electrons. The molecule has 1 saturated heterocycles. The van der Waals surface area contributed by atoms with Crippen LogP contribution < -0.4 is 4.90 Å². The van der Waals surface area contributed by atoms with Crippen LogP contribution in [0.3, 0.4) is 0 Å². The molecule has 6 nitrogen and oxygen atoms in total. The Balaban J connectivity index is 1.73. The fourth-order valence-corrected chi connectivity index (χ4v) is 4.48. The van der Waals surface area contributed by atoms with Gasteiger partial charge in [-0.05, 0) is 44.8 Å². The molecule has 2 aromatic heterocycles. The fourth-order valence-electron chi connectivity index (χ4n) is 4.14. The number of para-hydroxylation sites is 1. The van der Waals surface area contributed by atoms with Crippen LogP contribution in [0.15, 0.2) is 54.9 Å². The van der Waals surface area contributed by atoms with Crippen molar-refractivity contribution in [3.63, 3.8) is 0 Å². The molecule has 1 unspecified atom stereocenters. The Bertz CT molecular complexity index is 1230. The third-order valence-corrected chi connectivity index (χ3v) is 6.40. The molecule has 2 aromatic carbocycles. The highest BCUT2D eigenvalue weighted by Crippen LogP contribution is 2.36. The quantitative estimate of drug-likeness (QED) is 0.439. The van der Waals surface area contributed by atoms with Gasteiger partial charge in [-0.25, -0.2) is 14.6 Å². The number of halogens is 2. The molecule has 0 aliphatic carbocycles. The number of hydrogen-bond acceptors (Lipinski definition) is 5. The van der Waals surface area contributed by atoms with Crippen molar-refractivity contribution in [2.75, 3.05) is 32.1 Å². The number of hydrogen-bond donors (Lipinski definition) is 0. The molecule has 4 aromatic rings. The van der Waals surface area contributed by atoms with Crippen LogP contribution in [0, 0.1) is 0 Å². The first-order valence-electron chi connectivity index (χ1n) is 10.2. The molecule has 31 heavy (non-hydrogen) atoms. The summed E-state index contributed by atoms with van der Waals surface area (Å²) < 4.78 is 1.87. The maximum Gasteiger partial charge on any atom is 0.160 e. The molecule has 1 fully saturated rings. The monoisotopic (exact) mass is 452 g/mol. The lowest BCUT2D eigenvalue weighted by Crippen LogP contribution is -2.31. The lowest BCUT2D eigenvalue weighted by atomic mass is 10.1. The zero-order chi connectivity index (χ0) is 21.5. The first kappa shape index (κ1) is 20.2. The number of anilines is 1. The number of benzene rings is 2. The molecule has 0 saturated carbocycles. The van der Waals surface area contributed by atoms with Crippen molar-refractivity contribution in [2.45, 2.75) is 12.5 Å². The molecule has 3 heterocycles. The van der Waals surface area contributed by atoms with Gasteiger partial charge in [-0.1, -0.05) is 47.5 Å². The third kappa shape index (κ3) is 3.65. The highest BCUT2D eigenvalue weighted by Gasteiger charge is 2.28. The number of fused-ring (bicyclic) bond motifs is 1. The van der Waals surface area contributed by atoms with Crippen molar-refractivity contribution in [3.8, 4) is 16.9 Å². The molecule has 1 aliphatic heterocycles. The van der Waals surface area contributed by atoms with Gasteiger partial charge in [0, 0.05) is 29.7 Å². The SMILES string of the molecule is CN(C)C1CCN(c2ncnc3c(-c4ccc(Cl)cc4)n(-c4ccccc4Cl)nc23)C1. The highest BCUT2D eigenvalue weighted by molar-refractivity contribution is 6.32. The van der Waals surface area contributed by atoms with Crippen LogP contribution in [0.25, 0.3) is 28.0 Å². The van der Waals surface area contributed by atoms with E-state index in [-0.39, 0.29) is 0 Å². The molecule has 8 heteroatoms. The van der Waals surface area contributed by atoms with Crippen molar-refractivity contribution in [2.24, 2.45) is 0 Å². The Morgan fingerprint density at radius 1 is 0.968 bits per heavy atom. The Morgan fingerprint density at radius 3 is 2.45 bits per heavy atom. The Morgan fingerprint density at radius 2 is 1.74 bits per heavy atom. The van der Waals surface area contributed by atoms with Gasteiger partial charge < -0.3 is 9.80 Å². The van der Waals surface area contributed by atoms with Crippen LogP contribution in [0.5, 0.6) is 0 Å². The zero-order valence-electron chi connectivity index (χ0n) is 17.3. The molecule has 0 N–H and O–H groups in total. The molecular weight excluding hydrogens is 431 g/mol. The second-order valence-electron chi connectivity index (χ2n) is 7.97. The smallest absolute Gasteiger partial charge is 0.160 e. The minimum Gasteiger partial charge on any atom is -0.353 e. The van der Waals surface area contributed by atoms with Crippen LogP contribution in [0.1, 0.15) is 6.42 Å². The number of likely N-dealkylation sites (N-methyl/N-ethyl adjacent to an activating group) is 1. The van der Waals surface area contributed by atoms with Gasteiger partial charge in [0.05, 0.1) is 10.7 Å². The molecule has 1 atom stereocenters. The van der Waals surface area contributed by atoms with Crippen LogP contribution >= 0.6 is 23.2 Å². The van der Waals surface area contributed by atoms with Gasteiger partial charge in [0.15, 0.2) is 11.3 Å². The van der Waals surface area contributed by atoms with E-state index >= 15 is 0 Å². The largest absolute Gasteiger partial charge is 0.353 e. The van der Waals surface area contributed by atoms with Crippen LogP contribution in [0.4, 0.5) is 5.82 Å². The summed E-state index contributed by atoms with van der Waals surface area (Å²) in [4.78, 5) is 13.8. The summed E-state index contributed by atoms with van der Waals surface area (Å²) in [5.74, 6) is 0.857. The molecule has 0 amide bonds. The van der Waals surface area contributed by atoms with E-state index < -0.39 is 0 Å². The van der Waals surface area contributed by atoms with Gasteiger partial charge in [0.1, 0.15) is 17.5 Å². The summed E-state index contributed by atoms with van der Waals surface area (Å²) >= 11 is 12.7. The Kier molecular flexibility index (Phi) is 5.30. The maximum absolute atomic E-state index is 6.56. The van der Waals surface area contributed by atoms with Gasteiger partial charge in [0.2, 0.25) is 0 Å². The second kappa shape index (κ2) is 8.11. The predicted molar refractivity (Wildman–Crippen MR) is 126 cm³/mol. The van der Waals surface area contributed by atoms with Gasteiger partial charge in [-0.2, -0.15) is 5.10 Å². The van der Waals surface area contributed by atoms with Crippen molar-refractivity contribution in [3.05, 3.63) is 64.9 Å². The normalized spacial score (nSPS) is 16.5. The van der Waals surface area contributed by atoms with Crippen molar-refractivity contribution >= 4 is 40.1 Å². The van der Waals surface area contributed by atoms with Gasteiger partial charge in [-0.3, -0.25) is 0 Å². The number of rotatable bonds is 4. The van der Waals surface area contributed by atoms with E-state index in [0.717, 1.165) is 53.3 Å². The molecule has 158 valence electrons. The topological polar surface area (TPSA) is 50.1 Å². The molecule has 1 aliphatic rings. The van der Waals surface area contributed by atoms with E-state index in [1.807, 2.05) is 53.2 Å². The fraction of sp³-hybridized carbons (Fsp3) is 0.261. The molecule has 0 bridgehead atoms. The van der Waals surface area contributed by atoms with Crippen molar-refractivity contribution in [1.29, 1.82) is 0 Å². The van der Waals surface area contributed by atoms with E-state index in [9.17, 15) is 0 Å². The predicted octanol–water partition coefficient (Wildman–Crippen LogP) is 4.93. The van der Waals surface area contributed by atoms with Crippen molar-refractivity contribution in [1.82, 2.24) is 24.6 Å². The Labute approximate surface area is 191 Å². The maximum atomic E-state index is 6.56. The lowest BCUT2D eigenvalue weighted by Gasteiger charge is -2.20. The first-order valence-corrected chi connectivity index (χ1v) is 10.9. The number of aromatic nitrogens is 4. The number of nitrogens with zero attached hydrogens (tertiary/aromatic N) is 6. The van der Waals surface area contributed by atoms with Crippen LogP contribution in [0.2, 0.25) is 10.0 Å². The third-order valence-electron chi connectivity index (χ3n) is 5.83. The Hall–Kier alpha value is -2.67. The van der Waals surface area contributed by atoms with E-state index in [1.54, 1.807) is 6.33 Å². The van der Waals surface area contributed by atoms with Crippen LogP contribution in [-0.4, -0.2) is 57.9 Å². The average molecular weight is 453 g/mol. The first-order chi connectivity index (χ1) is 15.0. The lowest BCUT2D eigenvalue weighted by molar-refractivity contribution is 0.315. The summed E-state index contributed by atoms with van der Waals surface area (Å²) in [7, 11) is 4.24. The standard InChI is InChI=1S/C23H22Cl2N6/c1-29(2)17-11-12-30(13-17)23-21-20(26-14-27-23)22(15-7-9-16(24)10-8-15)31(28-21)19-6-4-3-5-18(19)25/h3-10,14,17H,11-13H2,1-2H3. The van der Waals surface area contributed by atoms with Gasteiger partial charge >= 0.3 is 0 Å². The van der Waals surface area contributed by atoms with E-state index in [4.69, 9.17) is 28.3 Å². The van der Waals surface area contributed by atoms with Crippen molar-refractivity contribution < 1.29 is 0 Å². The van der Waals surface area contributed by atoms with E-state index in [2.05, 4.69) is 33.9 Å². The van der Waals surface area contributed by atoms with E-state index in [0.29, 0.717) is 16.1 Å². The summed E-state index contributed by atoms with van der Waals surface area (Å²) in [6.45, 7) is 1.85. The second-order valence-corrected chi connectivity index (χ2v) is 8.81.